The molecule has 2 aromatic heterocycles. The summed E-state index contributed by atoms with van der Waals surface area (Å²) in [6.07, 6.45) is 1.64. The summed E-state index contributed by atoms with van der Waals surface area (Å²) in [6, 6.07) is 7.05. The maximum Gasteiger partial charge on any atom is 0.156 e. The summed E-state index contributed by atoms with van der Waals surface area (Å²) in [4.78, 5) is 11.3. The van der Waals surface area contributed by atoms with Crippen LogP contribution in [0.15, 0.2) is 30.5 Å². The molecule has 0 saturated heterocycles. The maximum atomic E-state index is 14.3. The molecule has 3 rings (SSSR count). The zero-order chi connectivity index (χ0) is 13.4. The molecule has 2 N–H and O–H groups in total. The summed E-state index contributed by atoms with van der Waals surface area (Å²) in [7, 11) is 0. The Hall–Kier alpha value is -2.43. The van der Waals surface area contributed by atoms with Gasteiger partial charge < -0.3 is 10.3 Å². The first-order chi connectivity index (χ1) is 9.13. The van der Waals surface area contributed by atoms with E-state index in [0.717, 1.165) is 11.2 Å². The highest BCUT2D eigenvalue weighted by molar-refractivity contribution is 5.85. The third-order valence-electron chi connectivity index (χ3n) is 2.91. The molecule has 0 aliphatic carbocycles. The van der Waals surface area contributed by atoms with E-state index in [1.807, 2.05) is 13.0 Å². The fourth-order valence-corrected chi connectivity index (χ4v) is 2.07. The first-order valence-electron chi connectivity index (χ1n) is 5.98. The summed E-state index contributed by atoms with van der Waals surface area (Å²) >= 11 is 0. The van der Waals surface area contributed by atoms with E-state index in [9.17, 15) is 4.39 Å². The van der Waals surface area contributed by atoms with E-state index >= 15 is 0 Å². The number of anilines is 2. The Kier molecular flexibility index (Phi) is 2.67. The predicted molar refractivity (Wildman–Crippen MR) is 73.0 cm³/mol. The fourth-order valence-electron chi connectivity index (χ4n) is 2.07. The van der Waals surface area contributed by atoms with Crippen LogP contribution in [0.4, 0.5) is 15.9 Å². The van der Waals surface area contributed by atoms with Gasteiger partial charge >= 0.3 is 0 Å². The van der Waals surface area contributed by atoms with Gasteiger partial charge in [0.2, 0.25) is 0 Å². The van der Waals surface area contributed by atoms with Gasteiger partial charge in [0.25, 0.3) is 0 Å². The monoisotopic (exact) mass is 256 g/mol. The number of hydrogen-bond donors (Lipinski definition) is 2. The number of aromatic amines is 1. The van der Waals surface area contributed by atoms with Gasteiger partial charge in [-0.05, 0) is 38.1 Å². The fraction of sp³-hybridized carbons (Fsp3) is 0.143. The van der Waals surface area contributed by atoms with Crippen molar-refractivity contribution in [2.45, 2.75) is 13.8 Å². The van der Waals surface area contributed by atoms with E-state index in [4.69, 9.17) is 0 Å². The van der Waals surface area contributed by atoms with Crippen molar-refractivity contribution in [3.8, 4) is 0 Å². The van der Waals surface area contributed by atoms with Crippen LogP contribution in [0.5, 0.6) is 0 Å². The molecular formula is C14H13FN4. The van der Waals surface area contributed by atoms with Crippen molar-refractivity contribution in [3.63, 3.8) is 0 Å². The Labute approximate surface area is 109 Å². The minimum atomic E-state index is -0.280. The largest absolute Gasteiger partial charge is 0.359 e. The van der Waals surface area contributed by atoms with Crippen molar-refractivity contribution in [1.29, 1.82) is 0 Å². The van der Waals surface area contributed by atoms with Crippen molar-refractivity contribution >= 4 is 22.4 Å². The molecule has 96 valence electrons. The first-order valence-corrected chi connectivity index (χ1v) is 5.98. The number of hydrogen-bond acceptors (Lipinski definition) is 3. The lowest BCUT2D eigenvalue weighted by Gasteiger charge is -2.07. The average Bonchev–Trinajstić information content (AvgIpc) is 2.75. The van der Waals surface area contributed by atoms with Gasteiger partial charge in [0.05, 0.1) is 5.69 Å². The normalized spacial score (nSPS) is 10.9. The lowest BCUT2D eigenvalue weighted by molar-refractivity contribution is 0.643. The second kappa shape index (κ2) is 4.35. The summed E-state index contributed by atoms with van der Waals surface area (Å²) in [5.74, 6) is 0.945. The highest BCUT2D eigenvalue weighted by atomic mass is 19.1. The average molecular weight is 256 g/mol. The van der Waals surface area contributed by atoms with Crippen LogP contribution in [0.3, 0.4) is 0 Å². The number of rotatable bonds is 2. The maximum absolute atomic E-state index is 14.3. The Balaban J connectivity index is 2.03. The Morgan fingerprint density at radius 2 is 2.05 bits per heavy atom. The second-order valence-corrected chi connectivity index (χ2v) is 4.45. The van der Waals surface area contributed by atoms with E-state index in [2.05, 4.69) is 20.3 Å². The Morgan fingerprint density at radius 1 is 1.21 bits per heavy atom. The van der Waals surface area contributed by atoms with Crippen molar-refractivity contribution in [2.75, 3.05) is 5.32 Å². The predicted octanol–water partition coefficient (Wildman–Crippen LogP) is 3.46. The molecule has 2 heterocycles. The summed E-state index contributed by atoms with van der Waals surface area (Å²) < 4.78 is 14.3. The van der Waals surface area contributed by atoms with Crippen LogP contribution in [-0.4, -0.2) is 15.0 Å². The zero-order valence-electron chi connectivity index (χ0n) is 10.7. The standard InChI is InChI=1S/C14H13FN4/c1-8-7-10-11(17-8)3-4-12(14(10)15)19-13-5-6-16-9(2)18-13/h3-7,17H,1-2H3,(H,16,18,19). The lowest BCUT2D eigenvalue weighted by Crippen LogP contribution is -1.98. The number of aryl methyl sites for hydroxylation is 2. The quantitative estimate of drug-likeness (QED) is 0.738. The van der Waals surface area contributed by atoms with Gasteiger partial charge in [-0.25, -0.2) is 14.4 Å². The van der Waals surface area contributed by atoms with Gasteiger partial charge in [-0.1, -0.05) is 0 Å². The smallest absolute Gasteiger partial charge is 0.156 e. The van der Waals surface area contributed by atoms with Crippen LogP contribution in [0.2, 0.25) is 0 Å². The number of benzene rings is 1. The third kappa shape index (κ3) is 2.14. The van der Waals surface area contributed by atoms with Crippen LogP contribution in [0.1, 0.15) is 11.5 Å². The minimum absolute atomic E-state index is 0.280. The molecule has 19 heavy (non-hydrogen) atoms. The molecule has 1 aromatic carbocycles. The molecule has 0 atom stereocenters. The summed E-state index contributed by atoms with van der Waals surface area (Å²) in [5, 5.41) is 3.55. The number of aromatic nitrogens is 3. The van der Waals surface area contributed by atoms with Crippen LogP contribution < -0.4 is 5.32 Å². The molecule has 0 unspecified atom stereocenters. The zero-order valence-corrected chi connectivity index (χ0v) is 10.7. The number of nitrogens with zero attached hydrogens (tertiary/aromatic N) is 2. The van der Waals surface area contributed by atoms with Gasteiger partial charge in [-0.3, -0.25) is 0 Å². The minimum Gasteiger partial charge on any atom is -0.359 e. The van der Waals surface area contributed by atoms with E-state index in [0.29, 0.717) is 22.7 Å². The Bertz CT molecular complexity index is 748. The third-order valence-corrected chi connectivity index (χ3v) is 2.91. The van der Waals surface area contributed by atoms with Gasteiger partial charge in [0.1, 0.15) is 11.6 Å². The first kappa shape index (κ1) is 11.6. The van der Waals surface area contributed by atoms with E-state index < -0.39 is 0 Å². The molecule has 4 nitrogen and oxygen atoms in total. The molecule has 5 heteroatoms. The molecule has 0 aliphatic heterocycles. The number of nitrogens with one attached hydrogen (secondary N) is 2. The molecule has 0 bridgehead atoms. The molecule has 0 spiro atoms. The SMILES string of the molecule is Cc1nccc(Nc2ccc3[nH]c(C)cc3c2F)n1. The van der Waals surface area contributed by atoms with Crippen molar-refractivity contribution in [3.05, 3.63) is 47.8 Å². The van der Waals surface area contributed by atoms with E-state index in [1.54, 1.807) is 31.3 Å². The highest BCUT2D eigenvalue weighted by Crippen LogP contribution is 2.26. The molecule has 0 fully saturated rings. The Morgan fingerprint density at radius 3 is 2.84 bits per heavy atom. The second-order valence-electron chi connectivity index (χ2n) is 4.45. The van der Waals surface area contributed by atoms with Gasteiger partial charge in [-0.2, -0.15) is 0 Å². The van der Waals surface area contributed by atoms with Crippen LogP contribution in [0, 0.1) is 19.7 Å². The van der Waals surface area contributed by atoms with Crippen LogP contribution >= 0.6 is 0 Å². The number of H-pyrrole nitrogens is 1. The topological polar surface area (TPSA) is 53.6 Å². The highest BCUT2D eigenvalue weighted by Gasteiger charge is 2.10. The van der Waals surface area contributed by atoms with E-state index in [-0.39, 0.29) is 5.82 Å². The van der Waals surface area contributed by atoms with Gasteiger partial charge in [-0.15, -0.1) is 0 Å². The van der Waals surface area contributed by atoms with Crippen LogP contribution in [0.25, 0.3) is 10.9 Å². The molecule has 3 aromatic rings. The van der Waals surface area contributed by atoms with Crippen molar-refractivity contribution in [2.24, 2.45) is 0 Å². The molecule has 0 amide bonds. The lowest BCUT2D eigenvalue weighted by atomic mass is 10.2. The van der Waals surface area contributed by atoms with Crippen molar-refractivity contribution in [1.82, 2.24) is 15.0 Å². The van der Waals surface area contributed by atoms with Gasteiger partial charge in [0.15, 0.2) is 5.82 Å². The molecule has 0 radical (unpaired) electrons. The molecule has 0 saturated carbocycles. The summed E-state index contributed by atoms with van der Waals surface area (Å²) in [6.45, 7) is 3.70. The molecular weight excluding hydrogens is 243 g/mol. The number of halogens is 1. The van der Waals surface area contributed by atoms with Gasteiger partial charge in [0, 0.05) is 22.8 Å². The number of fused-ring (bicyclic) bond motifs is 1. The molecule has 0 aliphatic rings. The van der Waals surface area contributed by atoms with Crippen molar-refractivity contribution < 1.29 is 4.39 Å². The summed E-state index contributed by atoms with van der Waals surface area (Å²) in [5.41, 5.74) is 2.13. The van der Waals surface area contributed by atoms with E-state index in [1.165, 1.54) is 0 Å². The van der Waals surface area contributed by atoms with Crippen LogP contribution in [-0.2, 0) is 0 Å².